The second-order valence-electron chi connectivity index (χ2n) is 5.29. The first-order valence-corrected chi connectivity index (χ1v) is 9.02. The van der Waals surface area contributed by atoms with Gasteiger partial charge in [0.05, 0.1) is 10.6 Å². The second kappa shape index (κ2) is 6.01. The zero-order valence-electron chi connectivity index (χ0n) is 13.0. The van der Waals surface area contributed by atoms with Gasteiger partial charge in [-0.2, -0.15) is 0 Å². The fourth-order valence-corrected chi connectivity index (χ4v) is 3.20. The number of hydrogen-bond donors (Lipinski definition) is 0. The SMILES string of the molecule is CCS(=O)(=O)c1ccc2oc(/C(C)=C\c3ccccc3)nc2c1. The lowest BCUT2D eigenvalue weighted by molar-refractivity contribution is 0.584. The van der Waals surface area contributed by atoms with Crippen LogP contribution in [0.1, 0.15) is 25.3 Å². The number of aromatic nitrogens is 1. The third-order valence-electron chi connectivity index (χ3n) is 3.62. The van der Waals surface area contributed by atoms with Crippen LogP contribution in [0.3, 0.4) is 0 Å². The van der Waals surface area contributed by atoms with Crippen LogP contribution in [0.4, 0.5) is 0 Å². The fraction of sp³-hybridized carbons (Fsp3) is 0.167. The van der Waals surface area contributed by atoms with Crippen molar-refractivity contribution < 1.29 is 12.8 Å². The van der Waals surface area contributed by atoms with E-state index in [0.717, 1.165) is 11.1 Å². The van der Waals surface area contributed by atoms with Crippen LogP contribution < -0.4 is 0 Å². The van der Waals surface area contributed by atoms with Crippen molar-refractivity contribution in [2.24, 2.45) is 0 Å². The minimum absolute atomic E-state index is 0.0656. The van der Waals surface area contributed by atoms with Crippen LogP contribution >= 0.6 is 0 Å². The predicted octanol–water partition coefficient (Wildman–Crippen LogP) is 4.18. The van der Waals surface area contributed by atoms with E-state index in [-0.39, 0.29) is 10.6 Å². The smallest absolute Gasteiger partial charge is 0.222 e. The molecule has 0 amide bonds. The van der Waals surface area contributed by atoms with Crippen LogP contribution in [0.2, 0.25) is 0 Å². The summed E-state index contributed by atoms with van der Waals surface area (Å²) in [5.74, 6) is 0.561. The molecule has 0 atom stereocenters. The average Bonchev–Trinajstić information content (AvgIpc) is 2.99. The first-order valence-electron chi connectivity index (χ1n) is 7.36. The zero-order valence-corrected chi connectivity index (χ0v) is 13.8. The largest absolute Gasteiger partial charge is 0.436 e. The highest BCUT2D eigenvalue weighted by Gasteiger charge is 2.15. The maximum Gasteiger partial charge on any atom is 0.222 e. The van der Waals surface area contributed by atoms with Crippen molar-refractivity contribution in [2.75, 3.05) is 5.75 Å². The molecule has 3 rings (SSSR count). The van der Waals surface area contributed by atoms with E-state index in [4.69, 9.17) is 4.42 Å². The van der Waals surface area contributed by atoms with Crippen molar-refractivity contribution in [3.63, 3.8) is 0 Å². The van der Waals surface area contributed by atoms with E-state index in [0.29, 0.717) is 17.0 Å². The third-order valence-corrected chi connectivity index (χ3v) is 5.35. The number of nitrogens with zero attached hydrogens (tertiary/aromatic N) is 1. The summed E-state index contributed by atoms with van der Waals surface area (Å²) < 4.78 is 29.6. The van der Waals surface area contributed by atoms with E-state index in [1.807, 2.05) is 43.3 Å². The molecule has 0 aliphatic heterocycles. The van der Waals surface area contributed by atoms with Gasteiger partial charge in [-0.15, -0.1) is 0 Å². The number of allylic oxidation sites excluding steroid dienone is 1. The maximum absolute atomic E-state index is 12.0. The highest BCUT2D eigenvalue weighted by molar-refractivity contribution is 7.91. The van der Waals surface area contributed by atoms with Crippen LogP contribution in [-0.4, -0.2) is 19.2 Å². The molecule has 2 aromatic carbocycles. The summed E-state index contributed by atoms with van der Waals surface area (Å²) in [6.07, 6.45) is 1.98. The summed E-state index contributed by atoms with van der Waals surface area (Å²) in [6.45, 7) is 3.54. The molecule has 5 heteroatoms. The Morgan fingerprint density at radius 3 is 2.61 bits per heavy atom. The van der Waals surface area contributed by atoms with Crippen LogP contribution in [-0.2, 0) is 9.84 Å². The number of benzene rings is 2. The maximum atomic E-state index is 12.0. The van der Waals surface area contributed by atoms with Crippen molar-refractivity contribution in [3.8, 4) is 0 Å². The number of sulfone groups is 1. The van der Waals surface area contributed by atoms with Gasteiger partial charge < -0.3 is 4.42 Å². The molecule has 0 unspecified atom stereocenters. The molecule has 0 saturated heterocycles. The molecule has 0 radical (unpaired) electrons. The third kappa shape index (κ3) is 3.19. The van der Waals surface area contributed by atoms with Crippen LogP contribution in [0.5, 0.6) is 0 Å². The van der Waals surface area contributed by atoms with Crippen molar-refractivity contribution >= 4 is 32.6 Å². The monoisotopic (exact) mass is 327 g/mol. The molecule has 0 bridgehead atoms. The van der Waals surface area contributed by atoms with Gasteiger partial charge in [-0.25, -0.2) is 13.4 Å². The lowest BCUT2D eigenvalue weighted by Gasteiger charge is -1.99. The van der Waals surface area contributed by atoms with Crippen molar-refractivity contribution in [1.29, 1.82) is 0 Å². The summed E-state index contributed by atoms with van der Waals surface area (Å²) in [6, 6.07) is 14.7. The number of oxazole rings is 1. The van der Waals surface area contributed by atoms with Crippen LogP contribution in [0, 0.1) is 0 Å². The van der Waals surface area contributed by atoms with Gasteiger partial charge in [-0.3, -0.25) is 0 Å². The Hall–Kier alpha value is -2.40. The lowest BCUT2D eigenvalue weighted by atomic mass is 10.1. The molecule has 1 heterocycles. The minimum Gasteiger partial charge on any atom is -0.436 e. The van der Waals surface area contributed by atoms with Gasteiger partial charge in [0.25, 0.3) is 0 Å². The van der Waals surface area contributed by atoms with Gasteiger partial charge in [0.15, 0.2) is 15.4 Å². The Balaban J connectivity index is 2.02. The second-order valence-corrected chi connectivity index (χ2v) is 7.57. The quantitative estimate of drug-likeness (QED) is 0.721. The normalized spacial score (nSPS) is 12.7. The van der Waals surface area contributed by atoms with Gasteiger partial charge in [-0.05, 0) is 36.8 Å². The van der Waals surface area contributed by atoms with E-state index in [2.05, 4.69) is 4.98 Å². The summed E-state index contributed by atoms with van der Waals surface area (Å²) in [4.78, 5) is 4.69. The summed E-state index contributed by atoms with van der Waals surface area (Å²) in [5.41, 5.74) is 3.07. The standard InChI is InChI=1S/C18H17NO3S/c1-3-23(20,21)15-9-10-17-16(12-15)19-18(22-17)13(2)11-14-7-5-4-6-8-14/h4-12H,3H2,1-2H3/b13-11-. The molecule has 0 N–H and O–H groups in total. The molecule has 0 aliphatic rings. The zero-order chi connectivity index (χ0) is 16.4. The molecule has 3 aromatic rings. The van der Waals surface area contributed by atoms with Crippen LogP contribution in [0.25, 0.3) is 22.7 Å². The number of fused-ring (bicyclic) bond motifs is 1. The Morgan fingerprint density at radius 1 is 1.17 bits per heavy atom. The van der Waals surface area contributed by atoms with Gasteiger partial charge >= 0.3 is 0 Å². The first kappa shape index (κ1) is 15.5. The number of rotatable bonds is 4. The van der Waals surface area contributed by atoms with E-state index >= 15 is 0 Å². The van der Waals surface area contributed by atoms with Gasteiger partial charge in [0.1, 0.15) is 5.52 Å². The molecule has 4 nitrogen and oxygen atoms in total. The summed E-state index contributed by atoms with van der Waals surface area (Å²) in [7, 11) is -3.25. The van der Waals surface area contributed by atoms with E-state index in [1.54, 1.807) is 25.1 Å². The molecular formula is C18H17NO3S. The molecule has 0 saturated carbocycles. The van der Waals surface area contributed by atoms with Gasteiger partial charge in [-0.1, -0.05) is 37.3 Å². The Bertz CT molecular complexity index is 970. The first-order chi connectivity index (χ1) is 11.0. The minimum atomic E-state index is -3.25. The molecular weight excluding hydrogens is 310 g/mol. The molecule has 1 aromatic heterocycles. The predicted molar refractivity (Wildman–Crippen MR) is 91.7 cm³/mol. The fourth-order valence-electron chi connectivity index (χ4n) is 2.30. The Morgan fingerprint density at radius 2 is 1.91 bits per heavy atom. The van der Waals surface area contributed by atoms with E-state index in [9.17, 15) is 8.42 Å². The molecule has 118 valence electrons. The Kier molecular flexibility index (Phi) is 4.05. The van der Waals surface area contributed by atoms with Crippen molar-refractivity contribution in [2.45, 2.75) is 18.7 Å². The average molecular weight is 327 g/mol. The molecule has 23 heavy (non-hydrogen) atoms. The summed E-state index contributed by atoms with van der Waals surface area (Å²) >= 11 is 0. The van der Waals surface area contributed by atoms with Gasteiger partial charge in [0, 0.05) is 5.57 Å². The van der Waals surface area contributed by atoms with E-state index in [1.165, 1.54) is 0 Å². The van der Waals surface area contributed by atoms with Crippen molar-refractivity contribution in [1.82, 2.24) is 4.98 Å². The highest BCUT2D eigenvalue weighted by atomic mass is 32.2. The van der Waals surface area contributed by atoms with E-state index < -0.39 is 9.84 Å². The topological polar surface area (TPSA) is 60.2 Å². The van der Waals surface area contributed by atoms with Gasteiger partial charge in [0.2, 0.25) is 5.89 Å². The Labute approximate surface area is 135 Å². The molecule has 0 aliphatic carbocycles. The van der Waals surface area contributed by atoms with Crippen molar-refractivity contribution in [3.05, 3.63) is 60.0 Å². The summed E-state index contributed by atoms with van der Waals surface area (Å²) in [5, 5.41) is 0. The number of hydrogen-bond acceptors (Lipinski definition) is 4. The van der Waals surface area contributed by atoms with Crippen LogP contribution in [0.15, 0.2) is 57.8 Å². The highest BCUT2D eigenvalue weighted by Crippen LogP contribution is 2.25. The molecule has 0 fully saturated rings. The lowest BCUT2D eigenvalue weighted by Crippen LogP contribution is -2.03. The molecule has 0 spiro atoms.